The second-order valence-corrected chi connectivity index (χ2v) is 5.21. The molecule has 0 aliphatic heterocycles. The number of primary amides is 1. The maximum Gasteiger partial charge on any atom is 0.273 e. The van der Waals surface area contributed by atoms with Gasteiger partial charge >= 0.3 is 0 Å². The number of carbonyl (C=O) groups excluding carboxylic acids is 1. The van der Waals surface area contributed by atoms with Crippen molar-refractivity contribution in [2.75, 3.05) is 17.2 Å². The topological polar surface area (TPSA) is 110 Å². The van der Waals surface area contributed by atoms with Gasteiger partial charge in [0.05, 0.1) is 4.92 Å². The number of nitrogens with two attached hydrogens (primary N) is 1. The Kier molecular flexibility index (Phi) is 4.90. The minimum atomic E-state index is -0.579. The van der Waals surface area contributed by atoms with E-state index in [1.165, 1.54) is 12.1 Å². The van der Waals surface area contributed by atoms with Gasteiger partial charge in [0.1, 0.15) is 0 Å². The van der Waals surface area contributed by atoms with Crippen molar-refractivity contribution < 1.29 is 9.72 Å². The normalized spacial score (nSPS) is 10.9. The molecule has 7 heteroatoms. The number of nitro benzene ring substituents is 1. The molecule has 7 nitrogen and oxygen atoms in total. The van der Waals surface area contributed by atoms with E-state index in [-0.39, 0.29) is 12.1 Å². The monoisotopic (exact) mass is 280 g/mol. The number of amides is 1. The molecular formula is C13H20N4O3. The van der Waals surface area contributed by atoms with Gasteiger partial charge in [0.15, 0.2) is 0 Å². The third kappa shape index (κ3) is 4.75. The Balaban J connectivity index is 3.04. The minimum Gasteiger partial charge on any atom is -0.385 e. The van der Waals surface area contributed by atoms with Crippen LogP contribution in [0.25, 0.3) is 0 Å². The van der Waals surface area contributed by atoms with Crippen molar-refractivity contribution in [3.8, 4) is 0 Å². The van der Waals surface area contributed by atoms with Crippen molar-refractivity contribution in [2.45, 2.75) is 32.7 Å². The molecule has 0 fully saturated rings. The Morgan fingerprint density at radius 3 is 2.45 bits per heavy atom. The van der Waals surface area contributed by atoms with E-state index in [1.54, 1.807) is 6.07 Å². The Bertz CT molecular complexity index is 514. The highest BCUT2D eigenvalue weighted by molar-refractivity contribution is 5.76. The lowest BCUT2D eigenvalue weighted by Crippen LogP contribution is -2.36. The summed E-state index contributed by atoms with van der Waals surface area (Å²) in [6.07, 6.45) is 0.131. The summed E-state index contributed by atoms with van der Waals surface area (Å²) in [5.74, 6) is -0.431. The van der Waals surface area contributed by atoms with Crippen LogP contribution in [0.4, 0.5) is 17.1 Å². The van der Waals surface area contributed by atoms with Gasteiger partial charge in [-0.15, -0.1) is 0 Å². The van der Waals surface area contributed by atoms with Gasteiger partial charge in [0.25, 0.3) is 5.69 Å². The van der Waals surface area contributed by atoms with E-state index in [0.717, 1.165) is 0 Å². The summed E-state index contributed by atoms with van der Waals surface area (Å²) < 4.78 is 0. The average molecular weight is 280 g/mol. The van der Waals surface area contributed by atoms with Crippen molar-refractivity contribution in [1.82, 2.24) is 0 Å². The van der Waals surface area contributed by atoms with E-state index in [1.807, 2.05) is 20.8 Å². The Labute approximate surface area is 117 Å². The van der Waals surface area contributed by atoms with Gasteiger partial charge in [0, 0.05) is 42.0 Å². The standard InChI is InChI=1S/C13H20N4O3/c1-4-15-9-5-10(7-11(6-9)17(19)20)16-13(2,3)8-12(14)18/h5-7,15-16H,4,8H2,1-3H3,(H2,14,18). The van der Waals surface area contributed by atoms with Gasteiger partial charge in [-0.25, -0.2) is 0 Å². The molecule has 110 valence electrons. The number of nitrogens with one attached hydrogen (secondary N) is 2. The number of nitrogens with zero attached hydrogens (tertiary/aromatic N) is 1. The molecule has 0 atom stereocenters. The highest BCUT2D eigenvalue weighted by Crippen LogP contribution is 2.27. The number of non-ortho nitro benzene ring substituents is 1. The van der Waals surface area contributed by atoms with Crippen LogP contribution in [0.2, 0.25) is 0 Å². The molecule has 1 rings (SSSR count). The van der Waals surface area contributed by atoms with Gasteiger partial charge < -0.3 is 16.4 Å². The van der Waals surface area contributed by atoms with Gasteiger partial charge in [0.2, 0.25) is 5.91 Å². The van der Waals surface area contributed by atoms with Crippen molar-refractivity contribution >= 4 is 23.0 Å². The third-order valence-corrected chi connectivity index (χ3v) is 2.61. The number of carbonyl (C=O) groups is 1. The Hall–Kier alpha value is -2.31. The number of anilines is 2. The predicted molar refractivity (Wildman–Crippen MR) is 78.8 cm³/mol. The van der Waals surface area contributed by atoms with E-state index < -0.39 is 16.4 Å². The molecule has 0 aromatic heterocycles. The quantitative estimate of drug-likeness (QED) is 0.523. The van der Waals surface area contributed by atoms with E-state index in [9.17, 15) is 14.9 Å². The predicted octanol–water partition coefficient (Wildman–Crippen LogP) is 2.09. The molecule has 0 bridgehead atoms. The molecule has 0 aliphatic rings. The summed E-state index contributed by atoms with van der Waals surface area (Å²) in [5, 5.41) is 17.1. The van der Waals surface area contributed by atoms with Gasteiger partial charge in [-0.2, -0.15) is 0 Å². The summed E-state index contributed by atoms with van der Waals surface area (Å²) in [7, 11) is 0. The maximum atomic E-state index is 11.0. The first-order valence-electron chi connectivity index (χ1n) is 6.33. The van der Waals surface area contributed by atoms with E-state index in [2.05, 4.69) is 10.6 Å². The van der Waals surface area contributed by atoms with Crippen molar-refractivity contribution in [3.05, 3.63) is 28.3 Å². The molecule has 0 heterocycles. The molecule has 0 spiro atoms. The van der Waals surface area contributed by atoms with Crippen LogP contribution in [0.15, 0.2) is 18.2 Å². The van der Waals surface area contributed by atoms with E-state index >= 15 is 0 Å². The first-order chi connectivity index (χ1) is 9.23. The fourth-order valence-corrected chi connectivity index (χ4v) is 1.97. The zero-order valence-electron chi connectivity index (χ0n) is 11.9. The van der Waals surface area contributed by atoms with Crippen LogP contribution in [0.3, 0.4) is 0 Å². The molecule has 0 saturated heterocycles. The minimum absolute atomic E-state index is 0.0131. The second kappa shape index (κ2) is 6.23. The smallest absolute Gasteiger partial charge is 0.273 e. The average Bonchev–Trinajstić information content (AvgIpc) is 2.26. The van der Waals surface area contributed by atoms with E-state index in [0.29, 0.717) is 17.9 Å². The number of benzene rings is 1. The molecule has 0 unspecified atom stereocenters. The molecular weight excluding hydrogens is 260 g/mol. The van der Waals surface area contributed by atoms with Crippen LogP contribution in [-0.4, -0.2) is 22.9 Å². The molecule has 0 radical (unpaired) electrons. The number of rotatable bonds is 7. The first-order valence-corrected chi connectivity index (χ1v) is 6.33. The molecule has 1 amide bonds. The number of nitro groups is 1. The highest BCUT2D eigenvalue weighted by Gasteiger charge is 2.21. The SMILES string of the molecule is CCNc1cc(NC(C)(C)CC(N)=O)cc([N+](=O)[O-])c1. The van der Waals surface area contributed by atoms with Crippen LogP contribution >= 0.6 is 0 Å². The lowest BCUT2D eigenvalue weighted by Gasteiger charge is -2.26. The largest absolute Gasteiger partial charge is 0.385 e. The molecule has 4 N–H and O–H groups in total. The van der Waals surface area contributed by atoms with Crippen LogP contribution in [0, 0.1) is 10.1 Å². The summed E-state index contributed by atoms with van der Waals surface area (Å²) >= 11 is 0. The van der Waals surface area contributed by atoms with E-state index in [4.69, 9.17) is 5.73 Å². The number of hydrogen-bond donors (Lipinski definition) is 3. The number of hydrogen-bond acceptors (Lipinski definition) is 5. The van der Waals surface area contributed by atoms with Gasteiger partial charge in [-0.1, -0.05) is 0 Å². The highest BCUT2D eigenvalue weighted by atomic mass is 16.6. The molecule has 0 saturated carbocycles. The van der Waals surface area contributed by atoms with Gasteiger partial charge in [-0.05, 0) is 26.8 Å². The summed E-state index contributed by atoms with van der Waals surface area (Å²) in [5.41, 5.74) is 5.82. The maximum absolute atomic E-state index is 11.0. The summed E-state index contributed by atoms with van der Waals surface area (Å²) in [6.45, 7) is 6.18. The Morgan fingerprint density at radius 1 is 1.35 bits per heavy atom. The lowest BCUT2D eigenvalue weighted by atomic mass is 9.99. The zero-order valence-corrected chi connectivity index (χ0v) is 11.9. The molecule has 20 heavy (non-hydrogen) atoms. The van der Waals surface area contributed by atoms with Crippen LogP contribution in [0.5, 0.6) is 0 Å². The zero-order chi connectivity index (χ0) is 15.3. The summed E-state index contributed by atoms with van der Waals surface area (Å²) in [6, 6.07) is 4.67. The second-order valence-electron chi connectivity index (χ2n) is 5.21. The molecule has 1 aromatic carbocycles. The Morgan fingerprint density at radius 2 is 1.95 bits per heavy atom. The van der Waals surface area contributed by atoms with Crippen LogP contribution in [-0.2, 0) is 4.79 Å². The first kappa shape index (κ1) is 15.7. The fourth-order valence-electron chi connectivity index (χ4n) is 1.97. The lowest BCUT2D eigenvalue weighted by molar-refractivity contribution is -0.384. The van der Waals surface area contributed by atoms with Crippen molar-refractivity contribution in [1.29, 1.82) is 0 Å². The molecule has 0 aliphatic carbocycles. The summed E-state index contributed by atoms with van der Waals surface area (Å²) in [4.78, 5) is 21.5. The van der Waals surface area contributed by atoms with Gasteiger partial charge in [-0.3, -0.25) is 14.9 Å². The molecule has 1 aromatic rings. The third-order valence-electron chi connectivity index (χ3n) is 2.61. The van der Waals surface area contributed by atoms with Crippen LogP contribution < -0.4 is 16.4 Å². The van der Waals surface area contributed by atoms with Crippen molar-refractivity contribution in [2.24, 2.45) is 5.73 Å². The fraction of sp³-hybridized carbons (Fsp3) is 0.462. The van der Waals surface area contributed by atoms with Crippen molar-refractivity contribution in [3.63, 3.8) is 0 Å². The van der Waals surface area contributed by atoms with Crippen LogP contribution in [0.1, 0.15) is 27.2 Å².